The molecule has 3 rings (SSSR count). The molecule has 0 aromatic carbocycles. The first-order valence-corrected chi connectivity index (χ1v) is 5.07. The van der Waals surface area contributed by atoms with E-state index < -0.39 is 0 Å². The summed E-state index contributed by atoms with van der Waals surface area (Å²) in [5.74, 6) is 0.848. The third kappa shape index (κ3) is 1.27. The fourth-order valence-electron chi connectivity index (χ4n) is 1.75. The quantitative estimate of drug-likeness (QED) is 0.617. The predicted molar refractivity (Wildman–Crippen MR) is 61.0 cm³/mol. The van der Waals surface area contributed by atoms with Crippen LogP contribution in [0.15, 0.2) is 42.9 Å². The number of aromatic nitrogens is 4. The highest BCUT2D eigenvalue weighted by atomic mass is 15.2. The smallest absolute Gasteiger partial charge is 0.168 e. The van der Waals surface area contributed by atoms with E-state index in [0.29, 0.717) is 0 Å². The fourth-order valence-corrected chi connectivity index (χ4v) is 1.75. The van der Waals surface area contributed by atoms with Gasteiger partial charge in [-0.25, -0.2) is 0 Å². The Morgan fingerprint density at radius 2 is 1.88 bits per heavy atom. The Morgan fingerprint density at radius 1 is 1.06 bits per heavy atom. The minimum absolute atomic E-state index is 0.848. The number of rotatable bonds is 1. The van der Waals surface area contributed by atoms with Crippen LogP contribution in [0.5, 0.6) is 0 Å². The molecule has 3 aromatic rings. The lowest BCUT2D eigenvalue weighted by molar-refractivity contribution is 1.11. The van der Waals surface area contributed by atoms with Crippen molar-refractivity contribution in [2.45, 2.75) is 6.92 Å². The van der Waals surface area contributed by atoms with Gasteiger partial charge in [0.25, 0.3) is 0 Å². The molecule has 0 unspecified atom stereocenters. The second-order valence-electron chi connectivity index (χ2n) is 3.64. The number of pyridine rings is 2. The first-order valence-electron chi connectivity index (χ1n) is 5.07. The van der Waals surface area contributed by atoms with Gasteiger partial charge in [-0.05, 0) is 30.7 Å². The van der Waals surface area contributed by atoms with E-state index in [1.54, 1.807) is 12.4 Å². The maximum Gasteiger partial charge on any atom is 0.168 e. The van der Waals surface area contributed by atoms with Crippen molar-refractivity contribution < 1.29 is 0 Å². The molecule has 0 spiro atoms. The molecule has 0 aliphatic heterocycles. The molecule has 0 radical (unpaired) electrons. The number of aryl methyl sites for hydroxylation is 1. The van der Waals surface area contributed by atoms with Gasteiger partial charge in [0.05, 0.1) is 0 Å². The van der Waals surface area contributed by atoms with Crippen LogP contribution in [0.2, 0.25) is 0 Å². The number of fused-ring (bicyclic) bond motifs is 1. The van der Waals surface area contributed by atoms with Crippen molar-refractivity contribution in [3.05, 3.63) is 48.4 Å². The van der Waals surface area contributed by atoms with Crippen molar-refractivity contribution in [2.24, 2.45) is 0 Å². The van der Waals surface area contributed by atoms with Crippen molar-refractivity contribution in [1.29, 1.82) is 0 Å². The van der Waals surface area contributed by atoms with Crippen molar-refractivity contribution in [3.63, 3.8) is 0 Å². The van der Waals surface area contributed by atoms with E-state index in [9.17, 15) is 0 Å². The van der Waals surface area contributed by atoms with Gasteiger partial charge in [0.1, 0.15) is 0 Å². The van der Waals surface area contributed by atoms with Gasteiger partial charge in [0.2, 0.25) is 0 Å². The van der Waals surface area contributed by atoms with Crippen LogP contribution in [0.25, 0.3) is 17.0 Å². The molecule has 0 fully saturated rings. The van der Waals surface area contributed by atoms with Crippen LogP contribution in [-0.4, -0.2) is 19.6 Å². The first-order chi connectivity index (χ1) is 7.86. The van der Waals surface area contributed by atoms with Gasteiger partial charge in [0.15, 0.2) is 11.5 Å². The van der Waals surface area contributed by atoms with Crippen LogP contribution >= 0.6 is 0 Å². The Bertz CT molecular complexity index is 628. The minimum atomic E-state index is 0.848. The zero-order valence-electron chi connectivity index (χ0n) is 8.83. The summed E-state index contributed by atoms with van der Waals surface area (Å²) in [5, 5.41) is 8.40. The Balaban J connectivity index is 2.30. The van der Waals surface area contributed by atoms with Crippen LogP contribution in [0.4, 0.5) is 0 Å². The maximum atomic E-state index is 4.21. The van der Waals surface area contributed by atoms with E-state index in [-0.39, 0.29) is 0 Å². The van der Waals surface area contributed by atoms with Crippen molar-refractivity contribution in [2.75, 3.05) is 0 Å². The zero-order chi connectivity index (χ0) is 11.0. The molecule has 0 amide bonds. The van der Waals surface area contributed by atoms with Crippen molar-refractivity contribution >= 4 is 5.65 Å². The summed E-state index contributed by atoms with van der Waals surface area (Å²) >= 11 is 0. The van der Waals surface area contributed by atoms with Gasteiger partial charge in [-0.1, -0.05) is 6.07 Å². The van der Waals surface area contributed by atoms with E-state index in [0.717, 1.165) is 22.6 Å². The van der Waals surface area contributed by atoms with Crippen LogP contribution < -0.4 is 0 Å². The Morgan fingerprint density at radius 3 is 2.69 bits per heavy atom. The molecule has 0 aliphatic rings. The number of nitrogens with zero attached hydrogens (tertiary/aromatic N) is 4. The van der Waals surface area contributed by atoms with Crippen molar-refractivity contribution in [1.82, 2.24) is 19.6 Å². The van der Waals surface area contributed by atoms with Gasteiger partial charge >= 0.3 is 0 Å². The molecule has 3 aromatic heterocycles. The highest BCUT2D eigenvalue weighted by molar-refractivity contribution is 5.60. The SMILES string of the molecule is Cc1cccn2c(-c3ccncc3)nnc12. The predicted octanol–water partition coefficient (Wildman–Crippen LogP) is 2.10. The van der Waals surface area contributed by atoms with Crippen LogP contribution in [0, 0.1) is 6.92 Å². The molecular formula is C12H10N4. The van der Waals surface area contributed by atoms with Gasteiger partial charge < -0.3 is 0 Å². The van der Waals surface area contributed by atoms with Gasteiger partial charge in [0, 0.05) is 24.2 Å². The second kappa shape index (κ2) is 3.41. The first kappa shape index (κ1) is 9.03. The summed E-state index contributed by atoms with van der Waals surface area (Å²) in [5.41, 5.74) is 3.04. The summed E-state index contributed by atoms with van der Waals surface area (Å²) < 4.78 is 1.99. The summed E-state index contributed by atoms with van der Waals surface area (Å²) in [6.45, 7) is 2.03. The normalized spacial score (nSPS) is 10.8. The zero-order valence-corrected chi connectivity index (χ0v) is 8.83. The molecule has 0 saturated carbocycles. The van der Waals surface area contributed by atoms with E-state index in [4.69, 9.17) is 0 Å². The second-order valence-corrected chi connectivity index (χ2v) is 3.64. The Labute approximate surface area is 92.6 Å². The summed E-state index contributed by atoms with van der Waals surface area (Å²) in [4.78, 5) is 4.00. The van der Waals surface area contributed by atoms with E-state index >= 15 is 0 Å². The lowest BCUT2D eigenvalue weighted by Gasteiger charge is -2.00. The summed E-state index contributed by atoms with van der Waals surface area (Å²) in [7, 11) is 0. The largest absolute Gasteiger partial charge is 0.282 e. The molecule has 0 N–H and O–H groups in total. The Kier molecular flexibility index (Phi) is 1.93. The average Bonchev–Trinajstić information content (AvgIpc) is 2.75. The lowest BCUT2D eigenvalue weighted by atomic mass is 10.2. The van der Waals surface area contributed by atoms with Crippen molar-refractivity contribution in [3.8, 4) is 11.4 Å². The standard InChI is InChI=1S/C12H10N4/c1-9-3-2-8-16-11(9)14-15-12(16)10-4-6-13-7-5-10/h2-8H,1H3. The highest BCUT2D eigenvalue weighted by Crippen LogP contribution is 2.18. The van der Waals surface area contributed by atoms with Gasteiger partial charge in [-0.2, -0.15) is 0 Å². The van der Waals surface area contributed by atoms with Crippen LogP contribution in [0.1, 0.15) is 5.56 Å². The molecule has 4 nitrogen and oxygen atoms in total. The molecular weight excluding hydrogens is 200 g/mol. The molecule has 0 saturated heterocycles. The third-order valence-corrected chi connectivity index (χ3v) is 2.57. The van der Waals surface area contributed by atoms with E-state index in [1.807, 2.05) is 41.8 Å². The van der Waals surface area contributed by atoms with E-state index in [2.05, 4.69) is 15.2 Å². The molecule has 0 aliphatic carbocycles. The number of hydrogen-bond acceptors (Lipinski definition) is 3. The minimum Gasteiger partial charge on any atom is -0.282 e. The molecule has 16 heavy (non-hydrogen) atoms. The molecule has 4 heteroatoms. The highest BCUT2D eigenvalue weighted by Gasteiger charge is 2.08. The third-order valence-electron chi connectivity index (χ3n) is 2.57. The van der Waals surface area contributed by atoms with E-state index in [1.165, 1.54) is 0 Å². The lowest BCUT2D eigenvalue weighted by Crippen LogP contribution is -1.90. The molecule has 3 heterocycles. The maximum absolute atomic E-state index is 4.21. The summed E-state index contributed by atoms with van der Waals surface area (Å²) in [6, 6.07) is 7.88. The molecule has 78 valence electrons. The van der Waals surface area contributed by atoms with Gasteiger partial charge in [-0.15, -0.1) is 10.2 Å². The Hall–Kier alpha value is -2.23. The topological polar surface area (TPSA) is 43.1 Å². The van der Waals surface area contributed by atoms with Crippen LogP contribution in [0.3, 0.4) is 0 Å². The fraction of sp³-hybridized carbons (Fsp3) is 0.0833. The number of hydrogen-bond donors (Lipinski definition) is 0. The van der Waals surface area contributed by atoms with Crippen LogP contribution in [-0.2, 0) is 0 Å². The van der Waals surface area contributed by atoms with Gasteiger partial charge in [-0.3, -0.25) is 9.38 Å². The average molecular weight is 210 g/mol. The summed E-state index contributed by atoms with van der Waals surface area (Å²) in [6.07, 6.45) is 5.48. The monoisotopic (exact) mass is 210 g/mol. The molecule has 0 atom stereocenters. The molecule has 0 bridgehead atoms.